The van der Waals surface area contributed by atoms with Gasteiger partial charge in [-0.1, -0.05) is 33.1 Å². The number of hydrogen-bond donors (Lipinski definition) is 0. The van der Waals surface area contributed by atoms with Gasteiger partial charge in [-0.05, 0) is 32.1 Å². The van der Waals surface area contributed by atoms with Crippen LogP contribution in [-0.4, -0.2) is 9.78 Å². The summed E-state index contributed by atoms with van der Waals surface area (Å²) in [6.07, 6.45) is 5.38. The van der Waals surface area contributed by atoms with Gasteiger partial charge in [0.05, 0.1) is 11.4 Å². The number of nitrogens with zero attached hydrogens (tertiary/aromatic N) is 2. The average Bonchev–Trinajstić information content (AvgIpc) is 2.57. The lowest BCUT2D eigenvalue weighted by atomic mass is 10.3. The first-order chi connectivity index (χ1) is 7.19. The smallest absolute Gasteiger partial charge is 0.0642 e. The predicted molar refractivity (Wildman–Crippen MR) is 67.7 cm³/mol. The Hall–Kier alpha value is -1.57. The van der Waals surface area contributed by atoms with Gasteiger partial charge >= 0.3 is 0 Å². The van der Waals surface area contributed by atoms with Crippen LogP contribution in [0.1, 0.15) is 25.2 Å². The molecule has 1 aromatic heterocycles. The van der Waals surface area contributed by atoms with Crippen LogP contribution in [0.2, 0.25) is 0 Å². The van der Waals surface area contributed by atoms with Crippen molar-refractivity contribution in [3.05, 3.63) is 48.8 Å². The van der Waals surface area contributed by atoms with Gasteiger partial charge < -0.3 is 0 Å². The van der Waals surface area contributed by atoms with E-state index in [4.69, 9.17) is 0 Å². The van der Waals surface area contributed by atoms with E-state index in [1.165, 1.54) is 0 Å². The highest BCUT2D eigenvalue weighted by atomic mass is 15.3. The van der Waals surface area contributed by atoms with Crippen molar-refractivity contribution in [2.24, 2.45) is 0 Å². The molecule has 0 aliphatic carbocycles. The van der Waals surface area contributed by atoms with Crippen LogP contribution in [-0.2, 0) is 0 Å². The highest BCUT2D eigenvalue weighted by Gasteiger charge is 2.01. The molecule has 2 nitrogen and oxygen atoms in total. The molecule has 0 bridgehead atoms. The van der Waals surface area contributed by atoms with Crippen LogP contribution in [0.4, 0.5) is 0 Å². The van der Waals surface area contributed by atoms with Crippen LogP contribution in [0.3, 0.4) is 0 Å². The van der Waals surface area contributed by atoms with Gasteiger partial charge in [0.25, 0.3) is 0 Å². The Bertz CT molecular complexity index is 357. The van der Waals surface area contributed by atoms with Crippen molar-refractivity contribution in [2.75, 3.05) is 0 Å². The number of rotatable bonds is 3. The molecule has 0 saturated heterocycles. The van der Waals surface area contributed by atoms with Crippen molar-refractivity contribution in [2.45, 2.75) is 27.7 Å². The molecule has 1 rings (SSSR count). The molecule has 82 valence electrons. The Morgan fingerprint density at radius 1 is 1.33 bits per heavy atom. The van der Waals surface area contributed by atoms with Gasteiger partial charge in [-0.3, -0.25) is 0 Å². The topological polar surface area (TPSA) is 17.8 Å². The zero-order valence-corrected chi connectivity index (χ0v) is 10.1. The molecule has 0 fully saturated rings. The maximum Gasteiger partial charge on any atom is 0.0642 e. The summed E-state index contributed by atoms with van der Waals surface area (Å²) in [4.78, 5) is 0. The van der Waals surface area contributed by atoms with E-state index in [0.717, 1.165) is 17.1 Å². The highest BCUT2D eigenvalue weighted by molar-refractivity contribution is 5.58. The number of aryl methyl sites for hydroxylation is 2. The number of aromatic nitrogens is 2. The molecule has 0 unspecified atom stereocenters. The summed E-state index contributed by atoms with van der Waals surface area (Å²) in [7, 11) is 0. The molecule has 0 atom stereocenters. The van der Waals surface area contributed by atoms with Gasteiger partial charge in [0, 0.05) is 5.69 Å². The van der Waals surface area contributed by atoms with E-state index in [-0.39, 0.29) is 0 Å². The van der Waals surface area contributed by atoms with Crippen LogP contribution >= 0.6 is 0 Å². The lowest BCUT2D eigenvalue weighted by molar-refractivity contribution is 0.860. The molecule has 1 heterocycles. The SMILES string of the molecule is C=C/C=C(\C=C)n1nc(C)cc1C.CC. The monoisotopic (exact) mass is 204 g/mol. The van der Waals surface area contributed by atoms with Crippen molar-refractivity contribution in [3.8, 4) is 0 Å². The Morgan fingerprint density at radius 3 is 2.27 bits per heavy atom. The molecule has 15 heavy (non-hydrogen) atoms. The lowest BCUT2D eigenvalue weighted by Gasteiger charge is -2.03. The van der Waals surface area contributed by atoms with E-state index in [1.807, 2.05) is 44.5 Å². The molecule has 0 aromatic carbocycles. The Morgan fingerprint density at radius 2 is 1.93 bits per heavy atom. The average molecular weight is 204 g/mol. The van der Waals surface area contributed by atoms with Gasteiger partial charge in [-0.2, -0.15) is 5.10 Å². The molecule has 0 saturated carbocycles. The molecule has 1 aromatic rings. The maximum absolute atomic E-state index is 4.33. The summed E-state index contributed by atoms with van der Waals surface area (Å²) in [5.41, 5.74) is 3.06. The second-order valence-electron chi connectivity index (χ2n) is 2.87. The molecule has 0 radical (unpaired) electrons. The van der Waals surface area contributed by atoms with Crippen LogP contribution in [0.5, 0.6) is 0 Å². The van der Waals surface area contributed by atoms with E-state index >= 15 is 0 Å². The third-order valence-electron chi connectivity index (χ3n) is 1.75. The zero-order chi connectivity index (χ0) is 11.8. The largest absolute Gasteiger partial charge is 0.238 e. The van der Waals surface area contributed by atoms with Gasteiger partial charge in [0.1, 0.15) is 0 Å². The number of allylic oxidation sites excluding steroid dienone is 4. The number of hydrogen-bond acceptors (Lipinski definition) is 1. The predicted octanol–water partition coefficient (Wildman–Crippen LogP) is 3.74. The van der Waals surface area contributed by atoms with Crippen molar-refractivity contribution in [1.82, 2.24) is 9.78 Å². The Balaban J connectivity index is 0.000000921. The van der Waals surface area contributed by atoms with Crippen LogP contribution in [0.15, 0.2) is 37.5 Å². The Kier molecular flexibility index (Phi) is 6.11. The lowest BCUT2D eigenvalue weighted by Crippen LogP contribution is -1.98. The standard InChI is InChI=1S/C11H14N2.C2H6/c1-5-7-11(6-2)13-10(4)8-9(3)12-13;1-2/h5-8H,1-2H2,3-4H3;1-2H3/b11-7+;. The molecular formula is C13H20N2. The summed E-state index contributed by atoms with van der Waals surface area (Å²) < 4.78 is 1.85. The van der Waals surface area contributed by atoms with Gasteiger partial charge in [-0.15, -0.1) is 0 Å². The van der Waals surface area contributed by atoms with Crippen molar-refractivity contribution >= 4 is 5.70 Å². The minimum atomic E-state index is 0.945. The third-order valence-corrected chi connectivity index (χ3v) is 1.75. The summed E-state index contributed by atoms with van der Waals surface area (Å²) >= 11 is 0. The van der Waals surface area contributed by atoms with E-state index in [9.17, 15) is 0 Å². The summed E-state index contributed by atoms with van der Waals surface area (Å²) in [5, 5.41) is 4.33. The van der Waals surface area contributed by atoms with Crippen molar-refractivity contribution in [1.29, 1.82) is 0 Å². The molecule has 0 aliphatic heterocycles. The second-order valence-corrected chi connectivity index (χ2v) is 2.87. The van der Waals surface area contributed by atoms with Crippen LogP contribution in [0.25, 0.3) is 5.70 Å². The molecule has 0 amide bonds. The summed E-state index contributed by atoms with van der Waals surface area (Å²) in [6, 6.07) is 2.03. The first-order valence-electron chi connectivity index (χ1n) is 5.18. The fraction of sp³-hybridized carbons (Fsp3) is 0.308. The Labute approximate surface area is 92.6 Å². The van der Waals surface area contributed by atoms with Gasteiger partial charge in [-0.25, -0.2) is 4.68 Å². The highest BCUT2D eigenvalue weighted by Crippen LogP contribution is 2.10. The molecule has 0 spiro atoms. The maximum atomic E-state index is 4.33. The normalized spacial score (nSPS) is 10.3. The zero-order valence-electron chi connectivity index (χ0n) is 10.1. The van der Waals surface area contributed by atoms with Crippen molar-refractivity contribution in [3.63, 3.8) is 0 Å². The van der Waals surface area contributed by atoms with Gasteiger partial charge in [0.2, 0.25) is 0 Å². The van der Waals surface area contributed by atoms with E-state index in [1.54, 1.807) is 12.2 Å². The molecule has 0 N–H and O–H groups in total. The van der Waals surface area contributed by atoms with Crippen LogP contribution in [0, 0.1) is 13.8 Å². The first kappa shape index (κ1) is 13.4. The van der Waals surface area contributed by atoms with E-state index < -0.39 is 0 Å². The van der Waals surface area contributed by atoms with Crippen molar-refractivity contribution < 1.29 is 0 Å². The minimum absolute atomic E-state index is 0.945. The minimum Gasteiger partial charge on any atom is -0.238 e. The summed E-state index contributed by atoms with van der Waals surface area (Å²) in [6.45, 7) is 15.4. The summed E-state index contributed by atoms with van der Waals surface area (Å²) in [5.74, 6) is 0. The molecule has 0 aliphatic rings. The molecule has 2 heteroatoms. The third kappa shape index (κ3) is 3.58. The molecular weight excluding hydrogens is 184 g/mol. The quantitative estimate of drug-likeness (QED) is 0.686. The van der Waals surface area contributed by atoms with E-state index in [0.29, 0.717) is 0 Å². The van der Waals surface area contributed by atoms with Crippen LogP contribution < -0.4 is 0 Å². The fourth-order valence-corrected chi connectivity index (χ4v) is 1.24. The van der Waals surface area contributed by atoms with E-state index in [2.05, 4.69) is 18.3 Å². The first-order valence-corrected chi connectivity index (χ1v) is 5.18. The second kappa shape index (κ2) is 6.82. The fourth-order valence-electron chi connectivity index (χ4n) is 1.24. The van der Waals surface area contributed by atoms with Gasteiger partial charge in [0.15, 0.2) is 0 Å².